The van der Waals surface area contributed by atoms with Gasteiger partial charge in [0.25, 0.3) is 0 Å². The van der Waals surface area contributed by atoms with Crippen LogP contribution in [0, 0.1) is 0 Å². The Kier molecular flexibility index (Phi) is 5.04. The van der Waals surface area contributed by atoms with Crippen LogP contribution in [-0.4, -0.2) is 7.11 Å². The van der Waals surface area contributed by atoms with Crippen LogP contribution in [-0.2, 0) is 6.61 Å². The van der Waals surface area contributed by atoms with Crippen molar-refractivity contribution in [3.05, 3.63) is 93.6 Å². The molecule has 0 N–H and O–H groups in total. The van der Waals surface area contributed by atoms with Gasteiger partial charge in [0.2, 0.25) is 11.2 Å². The van der Waals surface area contributed by atoms with E-state index in [9.17, 15) is 4.79 Å². The van der Waals surface area contributed by atoms with Gasteiger partial charge in [-0.25, -0.2) is 0 Å². The lowest BCUT2D eigenvalue weighted by atomic mass is 10.1. The van der Waals surface area contributed by atoms with Crippen molar-refractivity contribution in [2.24, 2.45) is 0 Å². The highest BCUT2D eigenvalue weighted by Crippen LogP contribution is 2.33. The first-order valence-electron chi connectivity index (χ1n) is 8.73. The number of fused-ring (bicyclic) bond motifs is 1. The van der Waals surface area contributed by atoms with Crippen molar-refractivity contribution in [2.75, 3.05) is 7.11 Å². The summed E-state index contributed by atoms with van der Waals surface area (Å²) in [6, 6.07) is 21.9. The van der Waals surface area contributed by atoms with Crippen LogP contribution in [0.2, 0.25) is 5.02 Å². The second-order valence-electron chi connectivity index (χ2n) is 6.23. The van der Waals surface area contributed by atoms with E-state index in [4.69, 9.17) is 25.5 Å². The van der Waals surface area contributed by atoms with Crippen LogP contribution in [0.15, 0.2) is 82.0 Å². The molecule has 0 saturated heterocycles. The Morgan fingerprint density at radius 3 is 2.43 bits per heavy atom. The van der Waals surface area contributed by atoms with E-state index in [1.54, 1.807) is 25.3 Å². The van der Waals surface area contributed by atoms with Gasteiger partial charge in [-0.15, -0.1) is 0 Å². The molecule has 1 heterocycles. The Labute approximate surface area is 166 Å². The Hall–Kier alpha value is -3.24. The molecule has 0 spiro atoms. The molecule has 140 valence electrons. The summed E-state index contributed by atoms with van der Waals surface area (Å²) in [7, 11) is 1.60. The van der Waals surface area contributed by atoms with Gasteiger partial charge in [0.15, 0.2) is 5.76 Å². The Bertz CT molecular complexity index is 1170. The molecule has 0 atom stereocenters. The number of rotatable bonds is 5. The van der Waals surface area contributed by atoms with E-state index < -0.39 is 0 Å². The summed E-state index contributed by atoms with van der Waals surface area (Å²) in [6.07, 6.45) is 0. The average molecular weight is 393 g/mol. The van der Waals surface area contributed by atoms with Crippen LogP contribution in [0.5, 0.6) is 11.5 Å². The maximum atomic E-state index is 13.2. The monoisotopic (exact) mass is 392 g/mol. The molecule has 4 nitrogen and oxygen atoms in total. The zero-order chi connectivity index (χ0) is 19.5. The lowest BCUT2D eigenvalue weighted by Crippen LogP contribution is -2.10. The van der Waals surface area contributed by atoms with Gasteiger partial charge >= 0.3 is 0 Å². The fraction of sp³-hybridized carbons (Fsp3) is 0.0870. The third kappa shape index (κ3) is 3.59. The Balaban J connectivity index is 1.85. The van der Waals surface area contributed by atoms with Gasteiger partial charge in [-0.05, 0) is 48.0 Å². The van der Waals surface area contributed by atoms with Crippen molar-refractivity contribution in [1.29, 1.82) is 0 Å². The van der Waals surface area contributed by atoms with Gasteiger partial charge in [0, 0.05) is 10.6 Å². The van der Waals surface area contributed by atoms with Crippen molar-refractivity contribution in [3.63, 3.8) is 0 Å². The highest BCUT2D eigenvalue weighted by atomic mass is 35.5. The van der Waals surface area contributed by atoms with Crippen molar-refractivity contribution >= 4 is 22.6 Å². The summed E-state index contributed by atoms with van der Waals surface area (Å²) in [5, 5.41) is 0.846. The molecule has 0 bridgehead atoms. The largest absolute Gasteiger partial charge is 0.497 e. The standard InChI is InChI=1S/C23H17ClO4/c1-26-18-10-7-16(8-11-18)22-23(27-14-15-5-3-2-4-6-15)21(25)19-13-17(24)9-12-20(19)28-22/h2-13H,14H2,1H3. The van der Waals surface area contributed by atoms with Crippen LogP contribution < -0.4 is 14.9 Å². The minimum Gasteiger partial charge on any atom is -0.497 e. The average Bonchev–Trinajstić information content (AvgIpc) is 2.74. The predicted octanol–water partition coefficient (Wildman–Crippen LogP) is 5.70. The first kappa shape index (κ1) is 18.1. The summed E-state index contributed by atoms with van der Waals surface area (Å²) in [4.78, 5) is 13.2. The molecule has 4 rings (SSSR count). The number of methoxy groups -OCH3 is 1. The summed E-state index contributed by atoms with van der Waals surface area (Å²) in [5.41, 5.74) is 1.87. The van der Waals surface area contributed by atoms with Crippen molar-refractivity contribution < 1.29 is 13.9 Å². The van der Waals surface area contributed by atoms with E-state index in [1.807, 2.05) is 54.6 Å². The maximum Gasteiger partial charge on any atom is 0.235 e. The lowest BCUT2D eigenvalue weighted by Gasteiger charge is -2.12. The third-order valence-electron chi connectivity index (χ3n) is 4.39. The van der Waals surface area contributed by atoms with Gasteiger partial charge < -0.3 is 13.9 Å². The van der Waals surface area contributed by atoms with Gasteiger partial charge in [-0.2, -0.15) is 0 Å². The molecule has 0 aliphatic heterocycles. The van der Waals surface area contributed by atoms with E-state index in [-0.39, 0.29) is 17.8 Å². The molecule has 4 aromatic rings. The second-order valence-corrected chi connectivity index (χ2v) is 6.67. The first-order valence-corrected chi connectivity index (χ1v) is 9.11. The van der Waals surface area contributed by atoms with Crippen LogP contribution in [0.4, 0.5) is 0 Å². The third-order valence-corrected chi connectivity index (χ3v) is 4.62. The maximum absolute atomic E-state index is 13.2. The van der Waals surface area contributed by atoms with Crippen molar-refractivity contribution in [1.82, 2.24) is 0 Å². The zero-order valence-electron chi connectivity index (χ0n) is 15.1. The van der Waals surface area contributed by atoms with E-state index >= 15 is 0 Å². The number of ether oxygens (including phenoxy) is 2. The number of hydrogen-bond acceptors (Lipinski definition) is 4. The highest BCUT2D eigenvalue weighted by Gasteiger charge is 2.18. The van der Waals surface area contributed by atoms with E-state index in [0.29, 0.717) is 27.5 Å². The highest BCUT2D eigenvalue weighted by molar-refractivity contribution is 6.31. The minimum absolute atomic E-state index is 0.156. The topological polar surface area (TPSA) is 48.7 Å². The first-order chi connectivity index (χ1) is 13.7. The smallest absolute Gasteiger partial charge is 0.235 e. The van der Waals surface area contributed by atoms with Crippen molar-refractivity contribution in [3.8, 4) is 22.8 Å². The van der Waals surface area contributed by atoms with Gasteiger partial charge in [0.1, 0.15) is 17.9 Å². The SMILES string of the molecule is COc1ccc(-c2oc3ccc(Cl)cc3c(=O)c2OCc2ccccc2)cc1. The van der Waals surface area contributed by atoms with Gasteiger partial charge in [-0.3, -0.25) is 4.79 Å². The molecule has 0 fully saturated rings. The number of hydrogen-bond donors (Lipinski definition) is 0. The van der Waals surface area contributed by atoms with Crippen LogP contribution >= 0.6 is 11.6 Å². The minimum atomic E-state index is -0.259. The summed E-state index contributed by atoms with van der Waals surface area (Å²) < 4.78 is 17.2. The predicted molar refractivity (Wildman–Crippen MR) is 110 cm³/mol. The molecule has 0 unspecified atom stereocenters. The fourth-order valence-electron chi connectivity index (χ4n) is 2.94. The molecule has 0 saturated carbocycles. The van der Waals surface area contributed by atoms with Crippen LogP contribution in [0.3, 0.4) is 0 Å². The second kappa shape index (κ2) is 7.79. The van der Waals surface area contributed by atoms with Crippen LogP contribution in [0.25, 0.3) is 22.3 Å². The molecule has 5 heteroatoms. The number of benzene rings is 3. The molecule has 0 aliphatic carbocycles. The van der Waals surface area contributed by atoms with Gasteiger partial charge in [0.05, 0.1) is 12.5 Å². The normalized spacial score (nSPS) is 10.8. The number of halogens is 1. The van der Waals surface area contributed by atoms with Gasteiger partial charge in [-0.1, -0.05) is 41.9 Å². The summed E-state index contributed by atoms with van der Waals surface area (Å²) in [5.74, 6) is 1.24. The molecule has 0 radical (unpaired) electrons. The lowest BCUT2D eigenvalue weighted by molar-refractivity contribution is 0.298. The van der Waals surface area contributed by atoms with E-state index in [2.05, 4.69) is 0 Å². The van der Waals surface area contributed by atoms with Crippen molar-refractivity contribution in [2.45, 2.75) is 6.61 Å². The molecule has 28 heavy (non-hydrogen) atoms. The zero-order valence-corrected chi connectivity index (χ0v) is 15.9. The molecule has 1 aromatic heterocycles. The molecular weight excluding hydrogens is 376 g/mol. The van der Waals surface area contributed by atoms with E-state index in [1.165, 1.54) is 0 Å². The molecular formula is C23H17ClO4. The molecule has 3 aromatic carbocycles. The summed E-state index contributed by atoms with van der Waals surface area (Å²) in [6.45, 7) is 0.251. The Morgan fingerprint density at radius 1 is 0.964 bits per heavy atom. The quantitative estimate of drug-likeness (QED) is 0.437. The molecule has 0 aliphatic rings. The van der Waals surface area contributed by atoms with Crippen LogP contribution in [0.1, 0.15) is 5.56 Å². The van der Waals surface area contributed by atoms with E-state index in [0.717, 1.165) is 11.1 Å². The Morgan fingerprint density at radius 2 is 1.71 bits per heavy atom. The fourth-order valence-corrected chi connectivity index (χ4v) is 3.12. The molecule has 0 amide bonds. The summed E-state index contributed by atoms with van der Waals surface area (Å²) >= 11 is 6.07.